The van der Waals surface area contributed by atoms with Crippen molar-refractivity contribution in [1.82, 2.24) is 5.43 Å². The SMILES string of the molecule is CCC/C=C/CN/N=C(/C)C(=O)O. The van der Waals surface area contributed by atoms with Gasteiger partial charge in [-0.3, -0.25) is 0 Å². The second kappa shape index (κ2) is 7.34. The zero-order chi connectivity index (χ0) is 10.1. The van der Waals surface area contributed by atoms with Gasteiger partial charge in [-0.1, -0.05) is 25.5 Å². The van der Waals surface area contributed by atoms with Crippen LogP contribution in [0, 0.1) is 0 Å². The fourth-order valence-corrected chi connectivity index (χ4v) is 0.633. The molecule has 2 N–H and O–H groups in total. The number of unbranched alkanes of at least 4 members (excludes halogenated alkanes) is 1. The number of rotatable bonds is 6. The van der Waals surface area contributed by atoms with Crippen molar-refractivity contribution in [2.45, 2.75) is 26.7 Å². The fourth-order valence-electron chi connectivity index (χ4n) is 0.633. The Morgan fingerprint density at radius 1 is 1.54 bits per heavy atom. The van der Waals surface area contributed by atoms with E-state index in [1.807, 2.05) is 12.2 Å². The van der Waals surface area contributed by atoms with Crippen LogP contribution in [0.5, 0.6) is 0 Å². The molecule has 0 saturated carbocycles. The number of nitrogens with one attached hydrogen (secondary N) is 1. The summed E-state index contributed by atoms with van der Waals surface area (Å²) in [6.45, 7) is 4.13. The zero-order valence-electron chi connectivity index (χ0n) is 8.08. The quantitative estimate of drug-likeness (QED) is 0.284. The van der Waals surface area contributed by atoms with Gasteiger partial charge in [0.05, 0.1) is 6.54 Å². The van der Waals surface area contributed by atoms with Crippen LogP contribution in [-0.4, -0.2) is 23.3 Å². The van der Waals surface area contributed by atoms with Crippen molar-refractivity contribution in [2.24, 2.45) is 5.10 Å². The molecule has 0 aromatic carbocycles. The van der Waals surface area contributed by atoms with Crippen molar-refractivity contribution in [3.8, 4) is 0 Å². The van der Waals surface area contributed by atoms with Crippen LogP contribution in [0.3, 0.4) is 0 Å². The highest BCUT2D eigenvalue weighted by Crippen LogP contribution is 1.86. The molecule has 0 aromatic rings. The first-order valence-corrected chi connectivity index (χ1v) is 4.34. The molecule has 4 heteroatoms. The number of carboxylic acids is 1. The minimum Gasteiger partial charge on any atom is -0.477 e. The van der Waals surface area contributed by atoms with Crippen molar-refractivity contribution in [3.05, 3.63) is 12.2 Å². The first kappa shape index (κ1) is 11.7. The van der Waals surface area contributed by atoms with Crippen LogP contribution in [0.15, 0.2) is 17.3 Å². The third-order valence-corrected chi connectivity index (χ3v) is 1.39. The van der Waals surface area contributed by atoms with Gasteiger partial charge in [-0.05, 0) is 13.3 Å². The van der Waals surface area contributed by atoms with Gasteiger partial charge < -0.3 is 10.5 Å². The summed E-state index contributed by atoms with van der Waals surface area (Å²) in [5, 5.41) is 12.1. The second-order valence-electron chi connectivity index (χ2n) is 2.62. The van der Waals surface area contributed by atoms with Crippen LogP contribution in [0.4, 0.5) is 0 Å². The van der Waals surface area contributed by atoms with Crippen LogP contribution in [-0.2, 0) is 4.79 Å². The van der Waals surface area contributed by atoms with Gasteiger partial charge in [-0.2, -0.15) is 5.10 Å². The molecule has 74 valence electrons. The van der Waals surface area contributed by atoms with Crippen LogP contribution in [0.25, 0.3) is 0 Å². The molecule has 0 amide bonds. The van der Waals surface area contributed by atoms with Gasteiger partial charge in [-0.25, -0.2) is 4.79 Å². The molecular weight excluding hydrogens is 168 g/mol. The summed E-state index contributed by atoms with van der Waals surface area (Å²) in [6.07, 6.45) is 6.14. The fraction of sp³-hybridized carbons (Fsp3) is 0.556. The lowest BCUT2D eigenvalue weighted by Crippen LogP contribution is -2.15. The largest absolute Gasteiger partial charge is 0.477 e. The molecule has 0 spiro atoms. The number of aliphatic carboxylic acids is 1. The summed E-state index contributed by atoms with van der Waals surface area (Å²) >= 11 is 0. The number of carbonyl (C=O) groups is 1. The summed E-state index contributed by atoms with van der Waals surface area (Å²) in [4.78, 5) is 10.3. The lowest BCUT2D eigenvalue weighted by atomic mass is 10.3. The van der Waals surface area contributed by atoms with E-state index in [9.17, 15) is 4.79 Å². The summed E-state index contributed by atoms with van der Waals surface area (Å²) in [7, 11) is 0. The Morgan fingerprint density at radius 2 is 2.23 bits per heavy atom. The van der Waals surface area contributed by atoms with Crippen LogP contribution < -0.4 is 5.43 Å². The summed E-state index contributed by atoms with van der Waals surface area (Å²) in [5.74, 6) is -0.995. The monoisotopic (exact) mass is 184 g/mol. The highest BCUT2D eigenvalue weighted by molar-refractivity contribution is 6.34. The van der Waals surface area contributed by atoms with Gasteiger partial charge >= 0.3 is 5.97 Å². The van der Waals surface area contributed by atoms with Gasteiger partial charge in [0.25, 0.3) is 0 Å². The Kier molecular flexibility index (Phi) is 6.59. The first-order chi connectivity index (χ1) is 6.18. The maximum Gasteiger partial charge on any atom is 0.351 e. The predicted molar refractivity (Wildman–Crippen MR) is 52.8 cm³/mol. The molecular formula is C9H16N2O2. The highest BCUT2D eigenvalue weighted by Gasteiger charge is 1.98. The van der Waals surface area contributed by atoms with Crippen molar-refractivity contribution in [3.63, 3.8) is 0 Å². The molecule has 0 aromatic heterocycles. The highest BCUT2D eigenvalue weighted by atomic mass is 16.4. The normalized spacial score (nSPS) is 12.0. The standard InChI is InChI=1S/C9H16N2O2/c1-3-4-5-6-7-10-11-8(2)9(12)13/h5-6,10H,3-4,7H2,1-2H3,(H,12,13)/b6-5+,11-8-. The average molecular weight is 184 g/mol. The van der Waals surface area contributed by atoms with Crippen LogP contribution in [0.2, 0.25) is 0 Å². The molecule has 0 aliphatic rings. The van der Waals surface area contributed by atoms with Gasteiger partial charge in [0.1, 0.15) is 5.71 Å². The van der Waals surface area contributed by atoms with E-state index in [1.54, 1.807) is 0 Å². The molecule has 0 radical (unpaired) electrons. The van der Waals surface area contributed by atoms with E-state index in [-0.39, 0.29) is 5.71 Å². The number of carboxylic acid groups (broad SMARTS) is 1. The van der Waals surface area contributed by atoms with Crippen molar-refractivity contribution in [2.75, 3.05) is 6.54 Å². The molecule has 0 bridgehead atoms. The van der Waals surface area contributed by atoms with E-state index < -0.39 is 5.97 Å². The molecule has 0 heterocycles. The van der Waals surface area contributed by atoms with E-state index in [0.29, 0.717) is 6.54 Å². The minimum absolute atomic E-state index is 0.0730. The van der Waals surface area contributed by atoms with E-state index in [4.69, 9.17) is 5.11 Å². The molecule has 0 atom stereocenters. The molecule has 0 fully saturated rings. The predicted octanol–water partition coefficient (Wildman–Crippen LogP) is 1.39. The first-order valence-electron chi connectivity index (χ1n) is 4.34. The van der Waals surface area contributed by atoms with E-state index in [0.717, 1.165) is 12.8 Å². The smallest absolute Gasteiger partial charge is 0.351 e. The Labute approximate surface area is 78.3 Å². The second-order valence-corrected chi connectivity index (χ2v) is 2.62. The average Bonchev–Trinajstić information content (AvgIpc) is 2.10. The lowest BCUT2D eigenvalue weighted by Gasteiger charge is -1.95. The maximum absolute atomic E-state index is 10.3. The Morgan fingerprint density at radius 3 is 2.77 bits per heavy atom. The molecule has 0 rings (SSSR count). The van der Waals surface area contributed by atoms with Gasteiger partial charge in [0, 0.05) is 0 Å². The Bertz CT molecular complexity index is 210. The number of hydrazone groups is 1. The molecule has 4 nitrogen and oxygen atoms in total. The Hall–Kier alpha value is -1.32. The molecule has 0 unspecified atom stereocenters. The number of hydrogen-bond donors (Lipinski definition) is 2. The van der Waals surface area contributed by atoms with Gasteiger partial charge in [0.15, 0.2) is 0 Å². The maximum atomic E-state index is 10.3. The summed E-state index contributed by atoms with van der Waals surface area (Å²) < 4.78 is 0. The zero-order valence-corrected chi connectivity index (χ0v) is 8.08. The topological polar surface area (TPSA) is 61.7 Å². The summed E-state index contributed by atoms with van der Waals surface area (Å²) in [6, 6.07) is 0. The number of allylic oxidation sites excluding steroid dienone is 1. The van der Waals surface area contributed by atoms with E-state index in [2.05, 4.69) is 17.5 Å². The van der Waals surface area contributed by atoms with Gasteiger partial charge in [-0.15, -0.1) is 0 Å². The van der Waals surface area contributed by atoms with Crippen molar-refractivity contribution in [1.29, 1.82) is 0 Å². The minimum atomic E-state index is -0.995. The van der Waals surface area contributed by atoms with Crippen LogP contribution in [0.1, 0.15) is 26.7 Å². The number of hydrogen-bond acceptors (Lipinski definition) is 3. The van der Waals surface area contributed by atoms with Crippen molar-refractivity contribution >= 4 is 11.7 Å². The molecule has 0 aliphatic heterocycles. The molecule has 13 heavy (non-hydrogen) atoms. The van der Waals surface area contributed by atoms with Crippen molar-refractivity contribution < 1.29 is 9.90 Å². The third kappa shape index (κ3) is 7.05. The van der Waals surface area contributed by atoms with Crippen LogP contribution >= 0.6 is 0 Å². The van der Waals surface area contributed by atoms with E-state index >= 15 is 0 Å². The van der Waals surface area contributed by atoms with E-state index in [1.165, 1.54) is 6.92 Å². The molecule has 0 saturated heterocycles. The molecule has 0 aliphatic carbocycles. The summed E-state index contributed by atoms with van der Waals surface area (Å²) in [5.41, 5.74) is 2.72. The lowest BCUT2D eigenvalue weighted by molar-refractivity contribution is -0.129. The van der Waals surface area contributed by atoms with Gasteiger partial charge in [0.2, 0.25) is 0 Å². The Balaban J connectivity index is 3.55. The number of nitrogens with zero attached hydrogens (tertiary/aromatic N) is 1. The third-order valence-electron chi connectivity index (χ3n) is 1.39.